The number of nitrogens with one attached hydrogen (secondary N) is 3. The second kappa shape index (κ2) is 5.50. The van der Waals surface area contributed by atoms with E-state index in [2.05, 4.69) is 16.3 Å². The average Bonchev–Trinajstić information content (AvgIpc) is 2.86. The Labute approximate surface area is 109 Å². The van der Waals surface area contributed by atoms with Crippen molar-refractivity contribution in [1.29, 1.82) is 5.40 Å². The van der Waals surface area contributed by atoms with Gasteiger partial charge in [-0.3, -0.25) is 16.3 Å². The summed E-state index contributed by atoms with van der Waals surface area (Å²) in [4.78, 5) is 0.537. The van der Waals surface area contributed by atoms with E-state index < -0.39 is 0 Å². The minimum Gasteiger partial charge on any atom is -0.495 e. The minimum absolute atomic E-state index is 0.236. The maximum absolute atomic E-state index is 12.9. The van der Waals surface area contributed by atoms with Crippen LogP contribution in [-0.4, -0.2) is 12.9 Å². The predicted octanol–water partition coefficient (Wildman–Crippen LogP) is 2.84. The molecule has 1 aromatic heterocycles. The van der Waals surface area contributed by atoms with Crippen molar-refractivity contribution in [1.82, 2.24) is 5.43 Å². The molecule has 0 aliphatic carbocycles. The van der Waals surface area contributed by atoms with Crippen LogP contribution >= 0.6 is 11.3 Å². The van der Waals surface area contributed by atoms with E-state index in [0.717, 1.165) is 11.3 Å². The molecule has 0 aliphatic rings. The van der Waals surface area contributed by atoms with Crippen LogP contribution in [0.2, 0.25) is 1.41 Å². The van der Waals surface area contributed by atoms with Crippen molar-refractivity contribution < 1.29 is 10.5 Å². The maximum Gasteiger partial charge on any atom is 0.189 e. The summed E-state index contributed by atoms with van der Waals surface area (Å²) in [6, 6.07) is 10.2. The van der Waals surface area contributed by atoms with Gasteiger partial charge in [0.2, 0.25) is 0 Å². The van der Waals surface area contributed by atoms with Gasteiger partial charge in [0.25, 0.3) is 0 Å². The average molecular weight is 265 g/mol. The van der Waals surface area contributed by atoms with Gasteiger partial charge in [-0.1, -0.05) is 12.1 Å². The number of ether oxygens (including phenoxy) is 1. The number of hydrogen-bond donors (Lipinski definition) is 3. The fourth-order valence-electron chi connectivity index (χ4n) is 1.38. The molecular formula is C12H12FN3OS. The lowest BCUT2D eigenvalue weighted by molar-refractivity contribution is 0.416. The molecule has 6 heteroatoms. The number of methoxy groups -OCH3 is 1. The quantitative estimate of drug-likeness (QED) is 0.452. The molecule has 2 aromatic rings. The number of halogens is 1. The van der Waals surface area contributed by atoms with Crippen molar-refractivity contribution in [2.45, 2.75) is 0 Å². The van der Waals surface area contributed by atoms with Crippen molar-refractivity contribution in [3.63, 3.8) is 0 Å². The zero-order valence-electron chi connectivity index (χ0n) is 10.6. The number of benzene rings is 1. The fraction of sp³-hybridized carbons (Fsp3) is 0.0833. The highest BCUT2D eigenvalue weighted by atomic mass is 32.1. The Hall–Kier alpha value is -2.08. The Morgan fingerprint density at radius 1 is 1.39 bits per heavy atom. The van der Waals surface area contributed by atoms with Crippen LogP contribution in [0.5, 0.6) is 5.75 Å². The van der Waals surface area contributed by atoms with Crippen LogP contribution in [0, 0.1) is 10.5 Å². The monoisotopic (exact) mass is 265 g/mol. The first-order chi connectivity index (χ1) is 9.24. The number of rotatable bonds is 4. The van der Waals surface area contributed by atoms with Crippen LogP contribution in [0.1, 0.15) is 4.88 Å². The van der Waals surface area contributed by atoms with E-state index in [1.807, 2.05) is 18.2 Å². The van der Waals surface area contributed by atoms with E-state index in [-0.39, 0.29) is 11.0 Å². The number of anilines is 1. The molecule has 0 aliphatic heterocycles. The van der Waals surface area contributed by atoms with Gasteiger partial charge in [-0.05, 0) is 24.3 Å². The zero-order valence-corrected chi connectivity index (χ0v) is 10.4. The molecule has 0 bridgehead atoms. The number of amidine groups is 1. The second-order valence-electron chi connectivity index (χ2n) is 3.40. The van der Waals surface area contributed by atoms with Gasteiger partial charge in [-0.2, -0.15) is 4.39 Å². The standard InChI is InChI=1S/C12H12FN3OS/c1-17-9-5-3-2-4-8(9)15-16-12(14)10-6-7-11(13)18-10/h2-7,15H,1H3,(H2,14,16). The molecule has 0 radical (unpaired) electrons. The summed E-state index contributed by atoms with van der Waals surface area (Å²) in [6.45, 7) is 0. The normalized spacial score (nSPS) is 11.9. The summed E-state index contributed by atoms with van der Waals surface area (Å²) in [6.07, 6.45) is 0. The first-order valence-corrected chi connectivity index (χ1v) is 5.99. The van der Waals surface area contributed by atoms with E-state index in [1.165, 1.54) is 6.07 Å². The maximum atomic E-state index is 12.9. The highest BCUT2D eigenvalue weighted by Crippen LogP contribution is 2.22. The van der Waals surface area contributed by atoms with Crippen LogP contribution in [0.15, 0.2) is 36.4 Å². The molecule has 1 aromatic carbocycles. The Morgan fingerprint density at radius 2 is 2.22 bits per heavy atom. The first-order valence-electron chi connectivity index (χ1n) is 5.62. The highest BCUT2D eigenvalue weighted by Gasteiger charge is 2.06. The Kier molecular flexibility index (Phi) is 3.37. The molecule has 94 valence electrons. The van der Waals surface area contributed by atoms with Crippen LogP contribution < -0.4 is 15.6 Å². The van der Waals surface area contributed by atoms with Gasteiger partial charge in [0.1, 0.15) is 5.75 Å². The van der Waals surface area contributed by atoms with Gasteiger partial charge in [0.05, 0.1) is 17.7 Å². The number of para-hydroxylation sites is 2. The van der Waals surface area contributed by atoms with Gasteiger partial charge in [-0.25, -0.2) is 0 Å². The van der Waals surface area contributed by atoms with Gasteiger partial charge in [0, 0.05) is 0 Å². The molecule has 0 spiro atoms. The number of hydrazine groups is 1. The minimum atomic E-state index is -0.324. The van der Waals surface area contributed by atoms with E-state index in [9.17, 15) is 4.39 Å². The first kappa shape index (κ1) is 11.0. The van der Waals surface area contributed by atoms with E-state index in [0.29, 0.717) is 16.3 Å². The van der Waals surface area contributed by atoms with E-state index in [1.54, 1.807) is 19.2 Å². The van der Waals surface area contributed by atoms with Gasteiger partial charge in [-0.15, -0.1) is 11.3 Å². The van der Waals surface area contributed by atoms with Crippen molar-refractivity contribution in [2.24, 2.45) is 0 Å². The summed E-state index contributed by atoms with van der Waals surface area (Å²) in [5, 5.41) is 3.01. The van der Waals surface area contributed by atoms with Crippen molar-refractivity contribution >= 4 is 22.9 Å². The Bertz CT molecular complexity index is 588. The van der Waals surface area contributed by atoms with Crippen molar-refractivity contribution in [3.8, 4) is 5.75 Å². The van der Waals surface area contributed by atoms with Crippen LogP contribution in [-0.2, 0) is 0 Å². The molecular weight excluding hydrogens is 253 g/mol. The SMILES string of the molecule is [H]/N=C(\NNc1ccccc1OC)c1ccc(F)s1. The largest absolute Gasteiger partial charge is 0.495 e. The second-order valence-corrected chi connectivity index (χ2v) is 4.44. The third kappa shape index (κ3) is 2.78. The molecule has 0 amide bonds. The molecule has 0 fully saturated rings. The smallest absolute Gasteiger partial charge is 0.189 e. The summed E-state index contributed by atoms with van der Waals surface area (Å²) in [5.41, 5.74) is 6.35. The summed E-state index contributed by atoms with van der Waals surface area (Å²) in [7, 11) is 1.56. The van der Waals surface area contributed by atoms with Crippen LogP contribution in [0.3, 0.4) is 0 Å². The fourth-order valence-corrected chi connectivity index (χ4v) is 2.01. The van der Waals surface area contributed by atoms with Crippen LogP contribution in [0.4, 0.5) is 10.1 Å². The molecule has 18 heavy (non-hydrogen) atoms. The number of thiophene rings is 1. The number of hydrogen-bond acceptors (Lipinski definition) is 4. The van der Waals surface area contributed by atoms with E-state index >= 15 is 0 Å². The third-order valence-electron chi connectivity index (χ3n) is 2.23. The van der Waals surface area contributed by atoms with Crippen molar-refractivity contribution in [2.75, 3.05) is 12.5 Å². The molecule has 4 nitrogen and oxygen atoms in total. The summed E-state index contributed by atoms with van der Waals surface area (Å²) in [5.74, 6) is 0.886. The third-order valence-corrected chi connectivity index (χ3v) is 3.11. The lowest BCUT2D eigenvalue weighted by Gasteiger charge is -2.12. The Morgan fingerprint density at radius 3 is 2.89 bits per heavy atom. The Balaban J connectivity index is 2.09. The molecule has 1 heterocycles. The molecule has 0 unspecified atom stereocenters. The predicted molar refractivity (Wildman–Crippen MR) is 70.9 cm³/mol. The van der Waals surface area contributed by atoms with Crippen LogP contribution in [0.25, 0.3) is 0 Å². The molecule has 0 saturated heterocycles. The molecule has 3 N–H and O–H groups in total. The zero-order chi connectivity index (χ0) is 13.7. The van der Waals surface area contributed by atoms with Gasteiger partial charge < -0.3 is 4.74 Å². The van der Waals surface area contributed by atoms with Gasteiger partial charge >= 0.3 is 0 Å². The summed E-state index contributed by atoms with van der Waals surface area (Å²) < 4.78 is 25.2. The lowest BCUT2D eigenvalue weighted by Crippen LogP contribution is -2.28. The summed E-state index contributed by atoms with van der Waals surface area (Å²) >= 11 is 0.914. The molecule has 2 rings (SSSR count). The van der Waals surface area contributed by atoms with Crippen molar-refractivity contribution in [3.05, 3.63) is 46.4 Å². The van der Waals surface area contributed by atoms with Gasteiger partial charge in [0.15, 0.2) is 12.4 Å². The highest BCUT2D eigenvalue weighted by molar-refractivity contribution is 7.12. The molecule has 0 atom stereocenters. The lowest BCUT2D eigenvalue weighted by atomic mass is 10.3. The molecule has 0 saturated carbocycles. The van der Waals surface area contributed by atoms with E-state index in [4.69, 9.17) is 6.15 Å². The topological polar surface area (TPSA) is 57.1 Å².